The number of nitro benzene ring substituents is 1. The van der Waals surface area contributed by atoms with Gasteiger partial charge in [-0.3, -0.25) is 14.9 Å². The average Bonchev–Trinajstić information content (AvgIpc) is 2.69. The van der Waals surface area contributed by atoms with Gasteiger partial charge in [-0.25, -0.2) is 0 Å². The van der Waals surface area contributed by atoms with Crippen molar-refractivity contribution in [3.8, 4) is 5.75 Å². The van der Waals surface area contributed by atoms with Crippen molar-refractivity contribution in [3.63, 3.8) is 0 Å². The number of nitrogens with one attached hydrogen (secondary N) is 1. The Balaban J connectivity index is 1.74. The number of phenolic OH excluding ortho intramolecular Hbond substituents is 1. The molecule has 2 N–H and O–H groups in total. The molecule has 0 fully saturated rings. The van der Waals surface area contributed by atoms with Crippen molar-refractivity contribution < 1.29 is 28.0 Å². The number of phenols is 1. The van der Waals surface area contributed by atoms with E-state index in [-0.39, 0.29) is 17.0 Å². The molecule has 0 aliphatic carbocycles. The van der Waals surface area contributed by atoms with Crippen LogP contribution in [0.5, 0.6) is 5.75 Å². The van der Waals surface area contributed by atoms with Gasteiger partial charge >= 0.3 is 6.18 Å². The number of carbonyl (C=O) groups is 1. The molecule has 0 aliphatic rings. The lowest BCUT2D eigenvalue weighted by Gasteiger charge is -2.11. The van der Waals surface area contributed by atoms with Crippen molar-refractivity contribution in [1.29, 1.82) is 0 Å². The fraction of sp³-hybridized carbons (Fsp3) is 0.0500. The van der Waals surface area contributed by atoms with Gasteiger partial charge in [-0.05, 0) is 60.7 Å². The predicted octanol–water partition coefficient (Wildman–Crippen LogP) is 5.72. The molecule has 3 aromatic rings. The zero-order valence-corrected chi connectivity index (χ0v) is 15.8. The number of alkyl halides is 3. The molecule has 0 spiro atoms. The Morgan fingerprint density at radius 1 is 0.967 bits per heavy atom. The number of amides is 1. The molecule has 0 unspecified atom stereocenters. The lowest BCUT2D eigenvalue weighted by atomic mass is 10.1. The van der Waals surface area contributed by atoms with E-state index in [0.717, 1.165) is 15.9 Å². The number of hydrogen-bond acceptors (Lipinski definition) is 5. The summed E-state index contributed by atoms with van der Waals surface area (Å²) >= 11 is 1.40. The monoisotopic (exact) mass is 434 g/mol. The van der Waals surface area contributed by atoms with Crippen molar-refractivity contribution in [1.82, 2.24) is 0 Å². The number of halogens is 3. The third-order valence-corrected chi connectivity index (χ3v) is 4.96. The van der Waals surface area contributed by atoms with Crippen LogP contribution >= 0.6 is 11.8 Å². The summed E-state index contributed by atoms with van der Waals surface area (Å²) in [5.74, 6) is -0.510. The van der Waals surface area contributed by atoms with E-state index in [0.29, 0.717) is 12.1 Å². The van der Waals surface area contributed by atoms with Crippen LogP contribution in [-0.4, -0.2) is 15.9 Å². The number of anilines is 1. The van der Waals surface area contributed by atoms with Crippen molar-refractivity contribution in [2.75, 3.05) is 5.32 Å². The Morgan fingerprint density at radius 2 is 1.53 bits per heavy atom. The fourth-order valence-corrected chi connectivity index (χ4v) is 3.34. The highest BCUT2D eigenvalue weighted by atomic mass is 32.2. The van der Waals surface area contributed by atoms with E-state index in [9.17, 15) is 33.2 Å². The maximum Gasteiger partial charge on any atom is 0.423 e. The number of hydrogen-bond donors (Lipinski definition) is 2. The number of aromatic hydroxyl groups is 1. The van der Waals surface area contributed by atoms with Gasteiger partial charge in [0, 0.05) is 27.1 Å². The summed E-state index contributed by atoms with van der Waals surface area (Å²) in [6.07, 6.45) is -4.93. The van der Waals surface area contributed by atoms with E-state index < -0.39 is 28.3 Å². The van der Waals surface area contributed by atoms with Gasteiger partial charge in [0.2, 0.25) is 0 Å². The summed E-state index contributed by atoms with van der Waals surface area (Å²) in [5.41, 5.74) is -2.53. The van der Waals surface area contributed by atoms with Gasteiger partial charge in [-0.2, -0.15) is 13.2 Å². The predicted molar refractivity (Wildman–Crippen MR) is 105 cm³/mol. The summed E-state index contributed by atoms with van der Waals surface area (Å²) in [4.78, 5) is 23.7. The largest absolute Gasteiger partial charge is 0.508 e. The molecule has 6 nitrogen and oxygen atoms in total. The van der Waals surface area contributed by atoms with Gasteiger partial charge in [0.1, 0.15) is 11.3 Å². The van der Waals surface area contributed by atoms with Crippen molar-refractivity contribution in [3.05, 3.63) is 88.0 Å². The molecule has 0 atom stereocenters. The van der Waals surface area contributed by atoms with E-state index in [4.69, 9.17) is 0 Å². The summed E-state index contributed by atoms with van der Waals surface area (Å²) in [6, 6.07) is 15.2. The van der Waals surface area contributed by atoms with E-state index in [1.54, 1.807) is 36.4 Å². The number of nitrogens with zero attached hydrogens (tertiary/aromatic N) is 1. The van der Waals surface area contributed by atoms with E-state index in [2.05, 4.69) is 5.32 Å². The molecule has 30 heavy (non-hydrogen) atoms. The second kappa shape index (κ2) is 8.46. The van der Waals surface area contributed by atoms with Gasteiger partial charge < -0.3 is 10.4 Å². The first-order valence-corrected chi connectivity index (χ1v) is 9.19. The normalized spacial score (nSPS) is 11.2. The van der Waals surface area contributed by atoms with Crippen LogP contribution in [0.1, 0.15) is 15.9 Å². The second-order valence-electron chi connectivity index (χ2n) is 6.06. The maximum atomic E-state index is 13.1. The molecule has 0 aromatic heterocycles. The Hall–Kier alpha value is -3.53. The lowest BCUT2D eigenvalue weighted by molar-refractivity contribution is -0.388. The molecule has 0 heterocycles. The first kappa shape index (κ1) is 21.2. The molecule has 3 rings (SSSR count). The van der Waals surface area contributed by atoms with Crippen LogP contribution in [0.15, 0.2) is 76.5 Å². The molecule has 0 aliphatic heterocycles. The highest BCUT2D eigenvalue weighted by Gasteiger charge is 2.38. The molecule has 154 valence electrons. The van der Waals surface area contributed by atoms with Crippen LogP contribution in [-0.2, 0) is 6.18 Å². The molecule has 0 bridgehead atoms. The minimum absolute atomic E-state index is 0.145. The number of nitro groups is 1. The van der Waals surface area contributed by atoms with Crippen molar-refractivity contribution in [2.45, 2.75) is 16.0 Å². The van der Waals surface area contributed by atoms with Gasteiger partial charge in [0.15, 0.2) is 0 Å². The van der Waals surface area contributed by atoms with Gasteiger partial charge in [-0.15, -0.1) is 0 Å². The smallest absolute Gasteiger partial charge is 0.423 e. The lowest BCUT2D eigenvalue weighted by Crippen LogP contribution is -2.14. The van der Waals surface area contributed by atoms with Crippen LogP contribution in [0.2, 0.25) is 0 Å². The number of rotatable bonds is 5. The molecule has 1 amide bonds. The van der Waals surface area contributed by atoms with Crippen LogP contribution in [0.25, 0.3) is 0 Å². The summed E-state index contributed by atoms with van der Waals surface area (Å²) in [7, 11) is 0. The average molecular weight is 434 g/mol. The van der Waals surface area contributed by atoms with Crippen LogP contribution < -0.4 is 5.32 Å². The maximum absolute atomic E-state index is 13.1. The Labute approximate surface area is 172 Å². The first-order valence-electron chi connectivity index (χ1n) is 8.37. The molecular formula is C20H13F3N2O4S. The fourth-order valence-electron chi connectivity index (χ4n) is 2.53. The minimum atomic E-state index is -4.93. The summed E-state index contributed by atoms with van der Waals surface area (Å²) in [5, 5.41) is 22.4. The molecular weight excluding hydrogens is 421 g/mol. The molecule has 3 aromatic carbocycles. The van der Waals surface area contributed by atoms with Crippen LogP contribution in [0.4, 0.5) is 24.5 Å². The minimum Gasteiger partial charge on any atom is -0.508 e. The molecule has 10 heteroatoms. The molecule has 0 saturated carbocycles. The van der Waals surface area contributed by atoms with Gasteiger partial charge in [-0.1, -0.05) is 11.8 Å². The SMILES string of the molecule is O=C(Nc1ccc([N+](=O)[O-])c(C(F)(F)F)c1)c1ccc(Sc2ccc(O)cc2)cc1. The van der Waals surface area contributed by atoms with Gasteiger partial charge in [0.25, 0.3) is 11.6 Å². The van der Waals surface area contributed by atoms with Crippen LogP contribution in [0, 0.1) is 10.1 Å². The van der Waals surface area contributed by atoms with E-state index in [1.807, 2.05) is 0 Å². The number of carbonyl (C=O) groups excluding carboxylic acids is 1. The summed E-state index contributed by atoms with van der Waals surface area (Å²) < 4.78 is 39.2. The van der Waals surface area contributed by atoms with Crippen LogP contribution in [0.3, 0.4) is 0 Å². The third kappa shape index (κ3) is 5.09. The third-order valence-electron chi connectivity index (χ3n) is 3.95. The zero-order valence-electron chi connectivity index (χ0n) is 15.0. The highest BCUT2D eigenvalue weighted by molar-refractivity contribution is 7.99. The number of benzene rings is 3. The Kier molecular flexibility index (Phi) is 5.97. The van der Waals surface area contributed by atoms with Crippen molar-refractivity contribution >= 4 is 29.0 Å². The molecule has 0 saturated heterocycles. The van der Waals surface area contributed by atoms with Gasteiger partial charge in [0.05, 0.1) is 4.92 Å². The Bertz CT molecular complexity index is 1080. The topological polar surface area (TPSA) is 92.5 Å². The summed E-state index contributed by atoms with van der Waals surface area (Å²) in [6.45, 7) is 0. The van der Waals surface area contributed by atoms with E-state index >= 15 is 0 Å². The first-order chi connectivity index (χ1) is 14.1. The van der Waals surface area contributed by atoms with Crippen molar-refractivity contribution in [2.24, 2.45) is 0 Å². The highest BCUT2D eigenvalue weighted by Crippen LogP contribution is 2.37. The second-order valence-corrected chi connectivity index (χ2v) is 7.21. The standard InChI is InChI=1S/C20H13F3N2O4S/c21-20(22,23)17-11-13(3-10-18(17)25(28)29)24-19(27)12-1-6-15(7-2-12)30-16-8-4-14(26)5-9-16/h1-11,26H,(H,24,27). The quantitative estimate of drug-likeness (QED) is 0.396. The Morgan fingerprint density at radius 3 is 2.07 bits per heavy atom. The molecule has 0 radical (unpaired) electrons. The van der Waals surface area contributed by atoms with E-state index in [1.165, 1.54) is 23.9 Å². The zero-order chi connectivity index (χ0) is 21.9.